The van der Waals surface area contributed by atoms with Gasteiger partial charge in [-0.1, -0.05) is 0 Å². The van der Waals surface area contributed by atoms with Crippen molar-refractivity contribution in [3.8, 4) is 0 Å². The molecule has 2 aromatic rings. The average Bonchev–Trinajstić information content (AvgIpc) is 2.85. The summed E-state index contributed by atoms with van der Waals surface area (Å²) in [5.41, 5.74) is 0.719. The Kier molecular flexibility index (Phi) is 3.43. The first-order valence-corrected chi connectivity index (χ1v) is 7.46. The van der Waals surface area contributed by atoms with Crippen LogP contribution < -0.4 is 4.72 Å². The van der Waals surface area contributed by atoms with Crippen molar-refractivity contribution in [3.63, 3.8) is 0 Å². The van der Waals surface area contributed by atoms with Crippen LogP contribution in [0.4, 0.5) is 0 Å². The van der Waals surface area contributed by atoms with Gasteiger partial charge in [0.05, 0.1) is 12.2 Å². The summed E-state index contributed by atoms with van der Waals surface area (Å²) >= 11 is 4.36. The van der Waals surface area contributed by atoms with Crippen LogP contribution in [0.25, 0.3) is 0 Å². The van der Waals surface area contributed by atoms with Crippen LogP contribution in [-0.4, -0.2) is 18.6 Å². The van der Waals surface area contributed by atoms with Crippen LogP contribution in [0.3, 0.4) is 0 Å². The lowest BCUT2D eigenvalue weighted by Gasteiger charge is -2.03. The number of nitrogens with one attached hydrogen (secondary N) is 2. The fourth-order valence-corrected chi connectivity index (χ4v) is 4.48. The smallest absolute Gasteiger partial charge is 0.251 e. The molecule has 0 bridgehead atoms. The van der Waals surface area contributed by atoms with E-state index in [9.17, 15) is 8.42 Å². The van der Waals surface area contributed by atoms with Crippen LogP contribution in [0.15, 0.2) is 32.4 Å². The van der Waals surface area contributed by atoms with Gasteiger partial charge in [-0.25, -0.2) is 13.1 Å². The zero-order valence-corrected chi connectivity index (χ0v) is 11.2. The highest BCUT2D eigenvalue weighted by Crippen LogP contribution is 2.27. The molecule has 86 valence electrons. The Morgan fingerprint density at radius 2 is 2.31 bits per heavy atom. The normalized spacial score (nSPS) is 11.8. The summed E-state index contributed by atoms with van der Waals surface area (Å²) in [5.74, 6) is 0. The van der Waals surface area contributed by atoms with Gasteiger partial charge < -0.3 is 0 Å². The van der Waals surface area contributed by atoms with E-state index in [4.69, 9.17) is 0 Å². The molecule has 8 heteroatoms. The van der Waals surface area contributed by atoms with Crippen LogP contribution in [-0.2, 0) is 16.6 Å². The van der Waals surface area contributed by atoms with Gasteiger partial charge in [0, 0.05) is 10.7 Å². The van der Waals surface area contributed by atoms with E-state index in [1.807, 2.05) is 0 Å². The SMILES string of the molecule is O=S(=O)(NCc1ccn[nH]1)c1sccc1Br. The minimum Gasteiger partial charge on any atom is -0.281 e. The lowest BCUT2D eigenvalue weighted by Crippen LogP contribution is -2.22. The Labute approximate surface area is 105 Å². The molecule has 2 N–H and O–H groups in total. The van der Waals surface area contributed by atoms with Crippen molar-refractivity contribution in [2.45, 2.75) is 10.8 Å². The Morgan fingerprint density at radius 1 is 1.50 bits per heavy atom. The van der Waals surface area contributed by atoms with E-state index in [1.54, 1.807) is 23.7 Å². The van der Waals surface area contributed by atoms with E-state index in [0.717, 1.165) is 5.69 Å². The Balaban J connectivity index is 2.13. The van der Waals surface area contributed by atoms with Gasteiger partial charge in [0.1, 0.15) is 4.21 Å². The summed E-state index contributed by atoms with van der Waals surface area (Å²) in [6, 6.07) is 3.42. The molecule has 0 aliphatic heterocycles. The molecule has 0 aliphatic rings. The molecule has 5 nitrogen and oxygen atoms in total. The van der Waals surface area contributed by atoms with E-state index in [0.29, 0.717) is 4.47 Å². The number of sulfonamides is 1. The molecule has 0 amide bonds. The third-order valence-electron chi connectivity index (χ3n) is 1.84. The summed E-state index contributed by atoms with van der Waals surface area (Å²) in [6.45, 7) is 0.201. The van der Waals surface area contributed by atoms with Gasteiger partial charge in [0.15, 0.2) is 0 Å². The Hall–Kier alpha value is -0.700. The van der Waals surface area contributed by atoms with Crippen LogP contribution in [0.2, 0.25) is 0 Å². The fourth-order valence-electron chi connectivity index (χ4n) is 1.09. The Bertz CT molecular complexity index is 562. The van der Waals surface area contributed by atoms with Crippen molar-refractivity contribution in [3.05, 3.63) is 33.9 Å². The second kappa shape index (κ2) is 4.66. The number of aromatic nitrogens is 2. The van der Waals surface area contributed by atoms with E-state index >= 15 is 0 Å². The van der Waals surface area contributed by atoms with Crippen molar-refractivity contribution in [1.29, 1.82) is 0 Å². The van der Waals surface area contributed by atoms with Gasteiger partial charge in [0.2, 0.25) is 0 Å². The predicted octanol–water partition coefficient (Wildman–Crippen LogP) is 1.71. The standard InChI is InChI=1S/C8H8BrN3O2S2/c9-7-2-4-15-8(7)16(13,14)11-5-6-1-3-10-12-6/h1-4,11H,5H2,(H,10,12). The minimum atomic E-state index is -3.45. The van der Waals surface area contributed by atoms with Crippen LogP contribution in [0, 0.1) is 0 Å². The van der Waals surface area contributed by atoms with Gasteiger partial charge in [0.25, 0.3) is 10.0 Å². The molecular weight excluding hydrogens is 314 g/mol. The number of halogens is 1. The summed E-state index contributed by atoms with van der Waals surface area (Å²) in [6.07, 6.45) is 1.57. The topological polar surface area (TPSA) is 74.8 Å². The fraction of sp³-hybridized carbons (Fsp3) is 0.125. The number of hydrogen-bond acceptors (Lipinski definition) is 4. The second-order valence-electron chi connectivity index (χ2n) is 2.96. The van der Waals surface area contributed by atoms with E-state index in [-0.39, 0.29) is 10.8 Å². The van der Waals surface area contributed by atoms with Gasteiger partial charge in [-0.3, -0.25) is 5.10 Å². The number of nitrogens with zero attached hydrogens (tertiary/aromatic N) is 1. The zero-order chi connectivity index (χ0) is 11.6. The van der Waals surface area contributed by atoms with Gasteiger partial charge in [-0.05, 0) is 33.4 Å². The zero-order valence-electron chi connectivity index (χ0n) is 7.97. The predicted molar refractivity (Wildman–Crippen MR) is 64.6 cm³/mol. The maximum atomic E-state index is 11.8. The quantitative estimate of drug-likeness (QED) is 0.900. The number of H-pyrrole nitrogens is 1. The van der Waals surface area contributed by atoms with Crippen LogP contribution in [0.5, 0.6) is 0 Å². The van der Waals surface area contributed by atoms with Crippen molar-refractivity contribution < 1.29 is 8.42 Å². The molecule has 0 radical (unpaired) electrons. The molecule has 2 heterocycles. The highest BCUT2D eigenvalue weighted by molar-refractivity contribution is 9.10. The first-order chi connectivity index (χ1) is 7.59. The summed E-state index contributed by atoms with van der Waals surface area (Å²) in [7, 11) is -3.45. The second-order valence-corrected chi connectivity index (χ2v) is 6.70. The van der Waals surface area contributed by atoms with Gasteiger partial charge in [-0.15, -0.1) is 11.3 Å². The van der Waals surface area contributed by atoms with Gasteiger partial charge >= 0.3 is 0 Å². The minimum absolute atomic E-state index is 0.201. The molecule has 2 rings (SSSR count). The third kappa shape index (κ3) is 2.51. The monoisotopic (exact) mass is 321 g/mol. The number of hydrogen-bond donors (Lipinski definition) is 2. The van der Waals surface area contributed by atoms with E-state index in [2.05, 4.69) is 30.8 Å². The number of rotatable bonds is 4. The van der Waals surface area contributed by atoms with Crippen LogP contribution in [0.1, 0.15) is 5.69 Å². The van der Waals surface area contributed by atoms with Crippen molar-refractivity contribution in [2.24, 2.45) is 0 Å². The van der Waals surface area contributed by atoms with Crippen LogP contribution >= 0.6 is 27.3 Å². The molecular formula is C8H8BrN3O2S2. The summed E-state index contributed by atoms with van der Waals surface area (Å²) in [5, 5.41) is 8.14. The van der Waals surface area contributed by atoms with Crippen molar-refractivity contribution in [2.75, 3.05) is 0 Å². The average molecular weight is 322 g/mol. The molecule has 0 saturated carbocycles. The molecule has 0 aromatic carbocycles. The molecule has 16 heavy (non-hydrogen) atoms. The number of aromatic amines is 1. The summed E-state index contributed by atoms with van der Waals surface area (Å²) < 4.78 is 27.0. The molecule has 0 unspecified atom stereocenters. The van der Waals surface area contributed by atoms with E-state index in [1.165, 1.54) is 11.3 Å². The number of thiophene rings is 1. The molecule has 0 spiro atoms. The van der Waals surface area contributed by atoms with Gasteiger partial charge in [-0.2, -0.15) is 5.10 Å². The maximum Gasteiger partial charge on any atom is 0.251 e. The highest BCUT2D eigenvalue weighted by atomic mass is 79.9. The molecule has 2 aromatic heterocycles. The largest absolute Gasteiger partial charge is 0.281 e. The molecule has 0 aliphatic carbocycles. The maximum absolute atomic E-state index is 11.8. The molecule has 0 atom stereocenters. The Morgan fingerprint density at radius 3 is 2.88 bits per heavy atom. The summed E-state index contributed by atoms with van der Waals surface area (Å²) in [4.78, 5) is 0. The van der Waals surface area contributed by atoms with E-state index < -0.39 is 10.0 Å². The molecule has 0 saturated heterocycles. The van der Waals surface area contributed by atoms with Crippen molar-refractivity contribution >= 4 is 37.3 Å². The lowest BCUT2D eigenvalue weighted by atomic mass is 10.4. The first-order valence-electron chi connectivity index (χ1n) is 4.30. The lowest BCUT2D eigenvalue weighted by molar-refractivity contribution is 0.582. The van der Waals surface area contributed by atoms with Crippen molar-refractivity contribution in [1.82, 2.24) is 14.9 Å². The molecule has 0 fully saturated rings. The third-order valence-corrected chi connectivity index (χ3v) is 5.91. The highest BCUT2D eigenvalue weighted by Gasteiger charge is 2.18. The first kappa shape index (κ1) is 11.8.